The van der Waals surface area contributed by atoms with Crippen LogP contribution in [0.5, 0.6) is 5.88 Å². The van der Waals surface area contributed by atoms with Gasteiger partial charge in [-0.3, -0.25) is 0 Å². The number of rotatable bonds is 4. The molecule has 0 aliphatic carbocycles. The van der Waals surface area contributed by atoms with Gasteiger partial charge in [-0.1, -0.05) is 11.6 Å². The average molecular weight is 404 g/mol. The van der Waals surface area contributed by atoms with E-state index in [4.69, 9.17) is 16.3 Å². The summed E-state index contributed by atoms with van der Waals surface area (Å²) in [7, 11) is 0. The van der Waals surface area contributed by atoms with Crippen LogP contribution in [0, 0.1) is 18.6 Å². The number of ether oxygens (including phenoxy) is 1. The fraction of sp³-hybridized carbons (Fsp3) is 0.150. The minimum atomic E-state index is -0.664. The van der Waals surface area contributed by atoms with Crippen LogP contribution >= 0.6 is 11.6 Å². The van der Waals surface area contributed by atoms with Gasteiger partial charge in [0.15, 0.2) is 0 Å². The number of H-pyrrole nitrogens is 2. The molecule has 0 unspecified atom stereocenters. The summed E-state index contributed by atoms with van der Waals surface area (Å²) in [5.74, 6) is -0.533. The average Bonchev–Trinajstić information content (AvgIpc) is 3.19. The molecular weight excluding hydrogens is 388 g/mol. The van der Waals surface area contributed by atoms with Gasteiger partial charge in [0.05, 0.1) is 10.5 Å². The molecule has 0 aliphatic rings. The summed E-state index contributed by atoms with van der Waals surface area (Å²) >= 11 is 6.12. The lowest BCUT2D eigenvalue weighted by Gasteiger charge is -2.06. The van der Waals surface area contributed by atoms with Crippen molar-refractivity contribution in [2.75, 3.05) is 6.54 Å². The van der Waals surface area contributed by atoms with Crippen molar-refractivity contribution < 1.29 is 18.3 Å². The van der Waals surface area contributed by atoms with E-state index in [1.807, 2.05) is 6.92 Å². The molecule has 2 aromatic heterocycles. The molecule has 0 spiro atoms. The van der Waals surface area contributed by atoms with E-state index in [0.29, 0.717) is 33.2 Å². The molecule has 0 atom stereocenters. The van der Waals surface area contributed by atoms with Crippen LogP contribution in [0.15, 0.2) is 36.4 Å². The van der Waals surface area contributed by atoms with Crippen molar-refractivity contribution in [1.82, 2.24) is 15.3 Å². The van der Waals surface area contributed by atoms with E-state index in [9.17, 15) is 13.6 Å². The first-order valence-electron chi connectivity index (χ1n) is 8.61. The van der Waals surface area contributed by atoms with Crippen molar-refractivity contribution in [3.63, 3.8) is 0 Å². The third-order valence-electron chi connectivity index (χ3n) is 4.58. The highest BCUT2D eigenvalue weighted by atomic mass is 35.5. The number of benzene rings is 2. The lowest BCUT2D eigenvalue weighted by Crippen LogP contribution is -2.28. The van der Waals surface area contributed by atoms with Crippen molar-refractivity contribution in [2.24, 2.45) is 0 Å². The van der Waals surface area contributed by atoms with Crippen LogP contribution in [-0.4, -0.2) is 22.6 Å². The summed E-state index contributed by atoms with van der Waals surface area (Å²) in [6.45, 7) is 2.07. The van der Waals surface area contributed by atoms with Crippen molar-refractivity contribution in [1.29, 1.82) is 0 Å². The van der Waals surface area contributed by atoms with E-state index in [2.05, 4.69) is 15.3 Å². The fourth-order valence-corrected chi connectivity index (χ4v) is 3.49. The van der Waals surface area contributed by atoms with Gasteiger partial charge in [-0.25, -0.2) is 13.6 Å². The van der Waals surface area contributed by atoms with Gasteiger partial charge in [-0.15, -0.1) is 0 Å². The van der Waals surface area contributed by atoms with E-state index in [0.717, 1.165) is 11.3 Å². The van der Waals surface area contributed by atoms with Gasteiger partial charge in [-0.2, -0.15) is 0 Å². The predicted octanol–water partition coefficient (Wildman–Crippen LogP) is 5.22. The Morgan fingerprint density at radius 2 is 2.00 bits per heavy atom. The van der Waals surface area contributed by atoms with Gasteiger partial charge in [0.25, 0.3) is 0 Å². The maximum atomic E-state index is 14.2. The highest BCUT2D eigenvalue weighted by Crippen LogP contribution is 2.30. The topological polar surface area (TPSA) is 69.9 Å². The molecule has 4 rings (SSSR count). The zero-order valence-corrected chi connectivity index (χ0v) is 15.6. The molecule has 8 heteroatoms. The number of amides is 1. The van der Waals surface area contributed by atoms with E-state index in [1.54, 1.807) is 12.1 Å². The molecule has 0 fully saturated rings. The molecule has 0 radical (unpaired) electrons. The Balaban J connectivity index is 1.42. The number of fused-ring (bicyclic) bond motifs is 2. The SMILES string of the molecule is Cc1[nH]c2c(Cl)ccc(F)c2c1CCNC(=O)Oc1cc2cc(F)ccc2[nH]1. The summed E-state index contributed by atoms with van der Waals surface area (Å²) in [6.07, 6.45) is -0.265. The van der Waals surface area contributed by atoms with Crippen LogP contribution < -0.4 is 10.1 Å². The van der Waals surface area contributed by atoms with Gasteiger partial charge in [0, 0.05) is 34.6 Å². The molecule has 144 valence electrons. The first-order chi connectivity index (χ1) is 13.4. The minimum Gasteiger partial charge on any atom is -0.393 e. The first kappa shape index (κ1) is 18.3. The van der Waals surface area contributed by atoms with Crippen LogP contribution in [0.3, 0.4) is 0 Å². The lowest BCUT2D eigenvalue weighted by atomic mass is 10.1. The van der Waals surface area contributed by atoms with Gasteiger partial charge in [0.1, 0.15) is 11.6 Å². The van der Waals surface area contributed by atoms with E-state index < -0.39 is 6.09 Å². The second kappa shape index (κ2) is 7.16. The predicted molar refractivity (Wildman–Crippen MR) is 104 cm³/mol. The number of hydrogen-bond donors (Lipinski definition) is 3. The van der Waals surface area contributed by atoms with Crippen LogP contribution in [0.4, 0.5) is 13.6 Å². The smallest absolute Gasteiger partial charge is 0.393 e. The number of aryl methyl sites for hydroxylation is 1. The van der Waals surface area contributed by atoms with Crippen molar-refractivity contribution >= 4 is 39.5 Å². The third-order valence-corrected chi connectivity index (χ3v) is 4.89. The van der Waals surface area contributed by atoms with Crippen molar-refractivity contribution in [2.45, 2.75) is 13.3 Å². The molecule has 1 amide bonds. The second-order valence-corrected chi connectivity index (χ2v) is 6.85. The molecule has 3 N–H and O–H groups in total. The van der Waals surface area contributed by atoms with Crippen LogP contribution in [0.25, 0.3) is 21.8 Å². The summed E-state index contributed by atoms with van der Waals surface area (Å²) in [4.78, 5) is 18.0. The second-order valence-electron chi connectivity index (χ2n) is 6.44. The number of aromatic amines is 2. The molecule has 0 saturated carbocycles. The number of halogens is 3. The minimum absolute atomic E-state index is 0.208. The summed E-state index contributed by atoms with van der Waals surface area (Å²) < 4.78 is 32.6. The maximum absolute atomic E-state index is 14.2. The number of hydrogen-bond acceptors (Lipinski definition) is 2. The quantitative estimate of drug-likeness (QED) is 0.437. The molecule has 2 aromatic carbocycles. The Kier molecular flexibility index (Phi) is 4.68. The monoisotopic (exact) mass is 403 g/mol. The Hall–Kier alpha value is -3.06. The van der Waals surface area contributed by atoms with Crippen molar-refractivity contribution in [3.05, 3.63) is 64.3 Å². The maximum Gasteiger partial charge on any atom is 0.413 e. The Bertz CT molecular complexity index is 1200. The molecule has 0 saturated heterocycles. The summed E-state index contributed by atoms with van der Waals surface area (Å²) in [5.41, 5.74) is 2.74. The van der Waals surface area contributed by atoms with Crippen molar-refractivity contribution in [3.8, 4) is 5.88 Å². The number of nitrogens with one attached hydrogen (secondary N) is 3. The summed E-state index contributed by atoms with van der Waals surface area (Å²) in [5, 5.41) is 4.09. The highest BCUT2D eigenvalue weighted by molar-refractivity contribution is 6.35. The first-order valence-corrected chi connectivity index (χ1v) is 8.99. The van der Waals surface area contributed by atoms with Crippen LogP contribution in [-0.2, 0) is 6.42 Å². The standard InChI is InChI=1S/C20H16ClF2N3O2/c1-10-13(18-15(23)4-3-14(21)19(18)25-10)6-7-24-20(27)28-17-9-11-8-12(22)2-5-16(11)26-17/h2-5,8-9,25-26H,6-7H2,1H3,(H,24,27). The summed E-state index contributed by atoms with van der Waals surface area (Å²) in [6, 6.07) is 8.59. The number of carbonyl (C=O) groups is 1. The third kappa shape index (κ3) is 3.41. The highest BCUT2D eigenvalue weighted by Gasteiger charge is 2.15. The van der Waals surface area contributed by atoms with Gasteiger partial charge < -0.3 is 20.0 Å². The van der Waals surface area contributed by atoms with Crippen LogP contribution in [0.1, 0.15) is 11.3 Å². The molecule has 5 nitrogen and oxygen atoms in total. The zero-order chi connectivity index (χ0) is 19.8. The number of aromatic nitrogens is 2. The largest absolute Gasteiger partial charge is 0.413 e. The van der Waals surface area contributed by atoms with E-state index in [1.165, 1.54) is 24.3 Å². The van der Waals surface area contributed by atoms with Gasteiger partial charge in [-0.05, 0) is 49.2 Å². The fourth-order valence-electron chi connectivity index (χ4n) is 3.29. The van der Waals surface area contributed by atoms with Gasteiger partial charge in [0.2, 0.25) is 5.88 Å². The Labute approximate surface area is 163 Å². The lowest BCUT2D eigenvalue weighted by molar-refractivity contribution is 0.199. The Morgan fingerprint density at radius 1 is 1.18 bits per heavy atom. The van der Waals surface area contributed by atoms with Crippen LogP contribution in [0.2, 0.25) is 5.02 Å². The number of carbonyl (C=O) groups excluding carboxylic acids is 1. The molecular formula is C20H16ClF2N3O2. The molecule has 0 bridgehead atoms. The normalized spacial score (nSPS) is 11.3. The Morgan fingerprint density at radius 3 is 2.82 bits per heavy atom. The molecule has 28 heavy (non-hydrogen) atoms. The molecule has 0 aliphatic heterocycles. The van der Waals surface area contributed by atoms with E-state index in [-0.39, 0.29) is 24.1 Å². The molecule has 2 heterocycles. The van der Waals surface area contributed by atoms with Gasteiger partial charge >= 0.3 is 6.09 Å². The zero-order valence-electron chi connectivity index (χ0n) is 14.8. The molecule has 4 aromatic rings. The van der Waals surface area contributed by atoms with E-state index >= 15 is 0 Å².